The number of allylic oxidation sites excluding steroid dienone is 4. The molecule has 0 saturated heterocycles. The average molecular weight is 447 g/mol. The number of anilines is 1. The van der Waals surface area contributed by atoms with Gasteiger partial charge in [-0.05, 0) is 43.2 Å². The highest BCUT2D eigenvalue weighted by Gasteiger charge is 2.31. The quantitative estimate of drug-likeness (QED) is 0.710. The van der Waals surface area contributed by atoms with E-state index in [1.165, 1.54) is 11.3 Å². The van der Waals surface area contributed by atoms with Gasteiger partial charge in [-0.3, -0.25) is 14.7 Å². The smallest absolute Gasteiger partial charge is 0.263 e. The van der Waals surface area contributed by atoms with Crippen molar-refractivity contribution in [1.82, 2.24) is 15.3 Å². The van der Waals surface area contributed by atoms with Crippen molar-refractivity contribution in [2.45, 2.75) is 40.0 Å². The number of rotatable bonds is 3. The number of carbonyl (C=O) groups excluding carboxylic acids is 1. The summed E-state index contributed by atoms with van der Waals surface area (Å²) in [4.78, 5) is 24.5. The molecule has 2 aliphatic heterocycles. The third kappa shape index (κ3) is 4.00. The van der Waals surface area contributed by atoms with Gasteiger partial charge in [0.2, 0.25) is 0 Å². The van der Waals surface area contributed by atoms with Gasteiger partial charge in [0.25, 0.3) is 5.91 Å². The first-order valence-corrected chi connectivity index (χ1v) is 11.7. The zero-order valence-electron chi connectivity index (χ0n) is 18.5. The Morgan fingerprint density at radius 2 is 2.16 bits per heavy atom. The number of ether oxygens (including phenoxy) is 1. The van der Waals surface area contributed by atoms with Gasteiger partial charge >= 0.3 is 0 Å². The number of amides is 1. The fourth-order valence-corrected chi connectivity index (χ4v) is 5.08. The number of fused-ring (bicyclic) bond motifs is 1. The molecule has 0 fully saturated rings. The number of thiazole rings is 1. The molecule has 1 amide bonds. The molecular weight excluding hydrogens is 420 g/mol. The van der Waals surface area contributed by atoms with Gasteiger partial charge in [-0.1, -0.05) is 43.4 Å². The van der Waals surface area contributed by atoms with Crippen molar-refractivity contribution in [2.75, 3.05) is 11.4 Å². The van der Waals surface area contributed by atoms with Crippen molar-refractivity contribution in [3.8, 4) is 0 Å². The second-order valence-electron chi connectivity index (χ2n) is 9.12. The van der Waals surface area contributed by atoms with Gasteiger partial charge in [0.15, 0.2) is 5.13 Å². The van der Waals surface area contributed by atoms with Gasteiger partial charge in [0.1, 0.15) is 16.9 Å². The Bertz CT molecular complexity index is 1190. The Morgan fingerprint density at radius 1 is 1.28 bits per heavy atom. The van der Waals surface area contributed by atoms with Crippen molar-refractivity contribution < 1.29 is 9.53 Å². The number of nitrogens with one attached hydrogen (secondary N) is 1. The number of aryl methyl sites for hydroxylation is 1. The zero-order chi connectivity index (χ0) is 22.3. The molecule has 4 heterocycles. The van der Waals surface area contributed by atoms with E-state index in [9.17, 15) is 4.79 Å². The molecule has 32 heavy (non-hydrogen) atoms. The third-order valence-corrected chi connectivity index (χ3v) is 6.96. The average Bonchev–Trinajstić information content (AvgIpc) is 3.17. The second kappa shape index (κ2) is 8.06. The Labute approximate surface area is 192 Å². The summed E-state index contributed by atoms with van der Waals surface area (Å²) in [5.41, 5.74) is 5.18. The van der Waals surface area contributed by atoms with E-state index in [4.69, 9.17) is 9.72 Å². The largest absolute Gasteiger partial charge is 0.462 e. The molecule has 2 aromatic heterocycles. The van der Waals surface area contributed by atoms with Gasteiger partial charge in [-0.25, -0.2) is 4.98 Å². The molecule has 0 spiro atoms. The maximum absolute atomic E-state index is 12.6. The lowest BCUT2D eigenvalue weighted by atomic mass is 9.88. The molecule has 0 aromatic carbocycles. The van der Waals surface area contributed by atoms with E-state index in [1.807, 2.05) is 36.5 Å². The van der Waals surface area contributed by atoms with Crippen molar-refractivity contribution in [2.24, 2.45) is 5.41 Å². The Balaban J connectivity index is 1.51. The third-order valence-electron chi connectivity index (χ3n) is 5.85. The monoisotopic (exact) mass is 446 g/mol. The van der Waals surface area contributed by atoms with Crippen LogP contribution in [0.1, 0.15) is 53.3 Å². The van der Waals surface area contributed by atoms with Crippen LogP contribution in [0.25, 0.3) is 5.57 Å². The van der Waals surface area contributed by atoms with Crippen LogP contribution >= 0.6 is 11.3 Å². The predicted octanol–water partition coefficient (Wildman–Crippen LogP) is 5.11. The zero-order valence-corrected chi connectivity index (χ0v) is 19.3. The van der Waals surface area contributed by atoms with Crippen LogP contribution < -0.4 is 10.2 Å². The number of nitrogens with zero attached hydrogens (tertiary/aromatic N) is 3. The first-order chi connectivity index (χ1) is 15.4. The lowest BCUT2D eigenvalue weighted by molar-refractivity contribution is 0.0948. The van der Waals surface area contributed by atoms with Crippen LogP contribution in [0.3, 0.4) is 0 Å². The maximum Gasteiger partial charge on any atom is 0.263 e. The fraction of sp³-hybridized carbons (Fsp3) is 0.320. The maximum atomic E-state index is 12.6. The summed E-state index contributed by atoms with van der Waals surface area (Å²) in [6.07, 6.45) is 14.4. The van der Waals surface area contributed by atoms with Crippen LogP contribution in [-0.2, 0) is 11.2 Å². The van der Waals surface area contributed by atoms with Crippen LogP contribution in [0.5, 0.6) is 0 Å². The number of pyridine rings is 1. The molecule has 0 unspecified atom stereocenters. The topological polar surface area (TPSA) is 67.4 Å². The summed E-state index contributed by atoms with van der Waals surface area (Å²) in [7, 11) is 0. The fourth-order valence-electron chi connectivity index (χ4n) is 4.12. The highest BCUT2D eigenvalue weighted by Crippen LogP contribution is 2.37. The van der Waals surface area contributed by atoms with Gasteiger partial charge in [0.05, 0.1) is 11.9 Å². The number of carbonyl (C=O) groups is 1. The Hall–Kier alpha value is -3.19. The number of hydrogen-bond donors (Lipinski definition) is 1. The molecule has 1 N–H and O–H groups in total. The van der Waals surface area contributed by atoms with E-state index in [2.05, 4.69) is 42.4 Å². The molecule has 1 aliphatic carbocycles. The lowest BCUT2D eigenvalue weighted by Gasteiger charge is -2.24. The van der Waals surface area contributed by atoms with Gasteiger partial charge in [-0.2, -0.15) is 0 Å². The molecule has 3 aliphatic rings. The molecule has 7 heteroatoms. The summed E-state index contributed by atoms with van der Waals surface area (Å²) in [6, 6.07) is 4.13. The highest BCUT2D eigenvalue weighted by molar-refractivity contribution is 7.17. The first kappa shape index (κ1) is 20.7. The van der Waals surface area contributed by atoms with E-state index in [1.54, 1.807) is 6.26 Å². The van der Waals surface area contributed by atoms with E-state index in [0.29, 0.717) is 11.4 Å². The van der Waals surface area contributed by atoms with Crippen molar-refractivity contribution in [3.63, 3.8) is 0 Å². The molecule has 164 valence electrons. The van der Waals surface area contributed by atoms with Gasteiger partial charge < -0.3 is 10.1 Å². The summed E-state index contributed by atoms with van der Waals surface area (Å²) < 4.78 is 5.95. The minimum atomic E-state index is -0.0370. The number of aromatic nitrogens is 2. The molecule has 0 atom stereocenters. The van der Waals surface area contributed by atoms with Crippen molar-refractivity contribution in [3.05, 3.63) is 82.3 Å². The summed E-state index contributed by atoms with van der Waals surface area (Å²) in [5, 5.41) is 3.80. The van der Waals surface area contributed by atoms with E-state index in [-0.39, 0.29) is 11.3 Å². The standard InChI is InChI=1S/C25H26N4O2S/c1-16-8-9-17(13-26-16)18-6-4-5-7-19(18)21-14-29(10-11-31-21)24-28-20-12-25(2,3)15-27-23(30)22(20)32-24/h4,6,8-11,13-14H,5,7,12,15H2,1-3H3,(H,27,30). The number of hydrogen-bond acceptors (Lipinski definition) is 6. The van der Waals surface area contributed by atoms with Gasteiger partial charge in [0, 0.05) is 35.8 Å². The van der Waals surface area contributed by atoms with E-state index >= 15 is 0 Å². The van der Waals surface area contributed by atoms with E-state index in [0.717, 1.165) is 58.3 Å². The van der Waals surface area contributed by atoms with E-state index < -0.39 is 0 Å². The minimum absolute atomic E-state index is 0.0235. The lowest BCUT2D eigenvalue weighted by Crippen LogP contribution is -2.31. The SMILES string of the molecule is Cc1ccc(C2=C(C3=CN(c4nc5c(s4)C(=O)NCC(C)(C)C5)C=CO3)CCC=C2)cn1. The minimum Gasteiger partial charge on any atom is -0.462 e. The summed E-state index contributed by atoms with van der Waals surface area (Å²) in [6.45, 7) is 6.95. The van der Waals surface area contributed by atoms with Crippen LogP contribution in [0.15, 0.2) is 60.5 Å². The molecular formula is C25H26N4O2S. The van der Waals surface area contributed by atoms with Crippen molar-refractivity contribution >= 4 is 27.9 Å². The molecule has 2 aromatic rings. The highest BCUT2D eigenvalue weighted by atomic mass is 32.1. The summed E-state index contributed by atoms with van der Waals surface area (Å²) >= 11 is 1.42. The van der Waals surface area contributed by atoms with Crippen LogP contribution in [-0.4, -0.2) is 22.4 Å². The van der Waals surface area contributed by atoms with Crippen LogP contribution in [0.2, 0.25) is 0 Å². The molecule has 0 saturated carbocycles. The predicted molar refractivity (Wildman–Crippen MR) is 127 cm³/mol. The normalized spacial score (nSPS) is 19.8. The first-order valence-electron chi connectivity index (χ1n) is 10.8. The van der Waals surface area contributed by atoms with Crippen molar-refractivity contribution in [1.29, 1.82) is 0 Å². The summed E-state index contributed by atoms with van der Waals surface area (Å²) in [5.74, 6) is 0.757. The molecule has 6 nitrogen and oxygen atoms in total. The Kier molecular flexibility index (Phi) is 5.21. The second-order valence-corrected chi connectivity index (χ2v) is 10.1. The molecule has 0 bridgehead atoms. The van der Waals surface area contributed by atoms with Crippen LogP contribution in [0, 0.1) is 12.3 Å². The van der Waals surface area contributed by atoms with Gasteiger partial charge in [-0.15, -0.1) is 0 Å². The molecule has 0 radical (unpaired) electrons. The Morgan fingerprint density at radius 3 is 2.97 bits per heavy atom. The molecule has 5 rings (SSSR count). The van der Waals surface area contributed by atoms with Crippen LogP contribution in [0.4, 0.5) is 5.13 Å².